The van der Waals surface area contributed by atoms with E-state index in [0.717, 1.165) is 5.56 Å². The first-order valence-corrected chi connectivity index (χ1v) is 4.57. The number of carbonyl (C=O) groups is 1. The van der Waals surface area contributed by atoms with Gasteiger partial charge in [0.2, 0.25) is 0 Å². The molecule has 84 valence electrons. The number of halogens is 1. The molecule has 1 rings (SSSR count). The van der Waals surface area contributed by atoms with Gasteiger partial charge in [0, 0.05) is 0 Å². The molecule has 0 saturated heterocycles. The van der Waals surface area contributed by atoms with E-state index in [1.165, 1.54) is 7.11 Å². The Labute approximate surface area is 96.2 Å². The van der Waals surface area contributed by atoms with Crippen molar-refractivity contribution in [2.45, 2.75) is 12.5 Å². The van der Waals surface area contributed by atoms with Crippen molar-refractivity contribution in [3.63, 3.8) is 0 Å². The van der Waals surface area contributed by atoms with Crippen LogP contribution in [0.2, 0.25) is 0 Å². The van der Waals surface area contributed by atoms with Crippen LogP contribution in [0.15, 0.2) is 30.3 Å². The molecule has 1 aromatic carbocycles. The number of ether oxygens (including phenoxy) is 1. The lowest BCUT2D eigenvalue weighted by atomic mass is 10.1. The van der Waals surface area contributed by atoms with Gasteiger partial charge >= 0.3 is 5.97 Å². The van der Waals surface area contributed by atoms with Gasteiger partial charge in [-0.25, -0.2) is 0 Å². The molecule has 1 N–H and O–H groups in total. The van der Waals surface area contributed by atoms with Gasteiger partial charge in [-0.15, -0.1) is 12.4 Å². The lowest BCUT2D eigenvalue weighted by Crippen LogP contribution is -2.36. The van der Waals surface area contributed by atoms with Crippen LogP contribution in [0.4, 0.5) is 0 Å². The maximum Gasteiger partial charge on any atom is 0.323 e. The normalized spacial score (nSPS) is 11.3. The molecule has 0 bridgehead atoms. The van der Waals surface area contributed by atoms with Crippen LogP contribution in [0.25, 0.3) is 0 Å². The number of nitrogens with one attached hydrogen (secondary N) is 1. The minimum Gasteiger partial charge on any atom is -0.468 e. The molecule has 1 atom stereocenters. The number of hydrogen-bond donors (Lipinski definition) is 1. The van der Waals surface area contributed by atoms with Gasteiger partial charge in [0.25, 0.3) is 0 Å². The summed E-state index contributed by atoms with van der Waals surface area (Å²) >= 11 is 0. The molecule has 15 heavy (non-hydrogen) atoms. The molecule has 0 unspecified atom stereocenters. The van der Waals surface area contributed by atoms with Crippen LogP contribution in [-0.4, -0.2) is 26.2 Å². The maximum absolute atomic E-state index is 11.3. The second kappa shape index (κ2) is 7.26. The van der Waals surface area contributed by atoms with Crippen molar-refractivity contribution in [3.8, 4) is 0 Å². The Morgan fingerprint density at radius 1 is 1.40 bits per heavy atom. The van der Waals surface area contributed by atoms with Crippen LogP contribution >= 0.6 is 12.4 Å². The van der Waals surface area contributed by atoms with Crippen molar-refractivity contribution in [1.29, 1.82) is 0 Å². The fraction of sp³-hybridized carbons (Fsp3) is 0.364. The molecule has 0 heterocycles. The Morgan fingerprint density at radius 2 is 2.00 bits per heavy atom. The van der Waals surface area contributed by atoms with E-state index in [1.807, 2.05) is 30.3 Å². The molecule has 0 fully saturated rings. The Kier molecular flexibility index (Phi) is 6.75. The fourth-order valence-electron chi connectivity index (χ4n) is 1.30. The molecule has 0 saturated carbocycles. The number of carbonyl (C=O) groups excluding carboxylic acids is 1. The molecule has 0 aliphatic rings. The first kappa shape index (κ1) is 13.9. The highest BCUT2D eigenvalue weighted by Gasteiger charge is 2.16. The second-order valence-electron chi connectivity index (χ2n) is 3.05. The van der Waals surface area contributed by atoms with Crippen LogP contribution < -0.4 is 5.32 Å². The van der Waals surface area contributed by atoms with E-state index in [-0.39, 0.29) is 24.4 Å². The lowest BCUT2D eigenvalue weighted by Gasteiger charge is -2.13. The Hall–Kier alpha value is -1.06. The summed E-state index contributed by atoms with van der Waals surface area (Å²) in [7, 11) is 3.15. The van der Waals surface area contributed by atoms with Crippen LogP contribution in [-0.2, 0) is 16.0 Å². The number of rotatable bonds is 4. The van der Waals surface area contributed by atoms with Crippen LogP contribution in [0.1, 0.15) is 5.56 Å². The fourth-order valence-corrected chi connectivity index (χ4v) is 1.30. The zero-order valence-corrected chi connectivity index (χ0v) is 9.71. The number of hydrogen-bond acceptors (Lipinski definition) is 3. The molecular weight excluding hydrogens is 214 g/mol. The number of benzene rings is 1. The van der Waals surface area contributed by atoms with Gasteiger partial charge in [-0.3, -0.25) is 4.79 Å². The molecule has 3 nitrogen and oxygen atoms in total. The van der Waals surface area contributed by atoms with Crippen molar-refractivity contribution in [3.05, 3.63) is 35.9 Å². The smallest absolute Gasteiger partial charge is 0.323 e. The third kappa shape index (κ3) is 4.32. The number of likely N-dealkylation sites (N-methyl/N-ethyl adjacent to an activating group) is 1. The van der Waals surface area contributed by atoms with Gasteiger partial charge in [0.1, 0.15) is 6.04 Å². The predicted octanol–water partition coefficient (Wildman–Crippen LogP) is 1.41. The standard InChI is InChI=1S/C11H15NO2.ClH/c1-12-10(11(13)14-2)8-9-6-4-3-5-7-9;/h3-7,10,12H,8H2,1-2H3;1H/t10-;/m1./s1. The highest BCUT2D eigenvalue weighted by atomic mass is 35.5. The molecule has 0 spiro atoms. The van der Waals surface area contributed by atoms with Gasteiger partial charge in [-0.05, 0) is 19.0 Å². The van der Waals surface area contributed by atoms with Crippen LogP contribution in [0.5, 0.6) is 0 Å². The third-order valence-corrected chi connectivity index (χ3v) is 2.12. The summed E-state index contributed by atoms with van der Waals surface area (Å²) in [4.78, 5) is 11.3. The largest absolute Gasteiger partial charge is 0.468 e. The van der Waals surface area contributed by atoms with E-state index >= 15 is 0 Å². The van der Waals surface area contributed by atoms with Crippen molar-refractivity contribution in [2.75, 3.05) is 14.2 Å². The van der Waals surface area contributed by atoms with Gasteiger partial charge in [0.05, 0.1) is 7.11 Å². The number of esters is 1. The maximum atomic E-state index is 11.3. The molecule has 0 aliphatic heterocycles. The van der Waals surface area contributed by atoms with Crippen molar-refractivity contribution < 1.29 is 9.53 Å². The van der Waals surface area contributed by atoms with Crippen molar-refractivity contribution in [1.82, 2.24) is 5.32 Å². The summed E-state index contributed by atoms with van der Waals surface area (Å²) in [6.45, 7) is 0. The average molecular weight is 230 g/mol. The zero-order chi connectivity index (χ0) is 10.4. The molecule has 0 amide bonds. The van der Waals surface area contributed by atoms with E-state index in [1.54, 1.807) is 7.05 Å². The van der Waals surface area contributed by atoms with E-state index < -0.39 is 0 Å². The Bertz CT molecular complexity index is 290. The minimum atomic E-state index is -0.262. The van der Waals surface area contributed by atoms with E-state index in [4.69, 9.17) is 0 Å². The van der Waals surface area contributed by atoms with Gasteiger partial charge in [-0.2, -0.15) is 0 Å². The summed E-state index contributed by atoms with van der Waals surface area (Å²) in [5, 5.41) is 2.93. The van der Waals surface area contributed by atoms with Crippen molar-refractivity contribution in [2.24, 2.45) is 0 Å². The summed E-state index contributed by atoms with van der Waals surface area (Å²) in [6.07, 6.45) is 0.657. The van der Waals surface area contributed by atoms with Crippen LogP contribution in [0, 0.1) is 0 Å². The highest BCUT2D eigenvalue weighted by molar-refractivity contribution is 5.85. The molecule has 0 radical (unpaired) electrons. The van der Waals surface area contributed by atoms with Gasteiger partial charge < -0.3 is 10.1 Å². The summed E-state index contributed by atoms with van der Waals surface area (Å²) in [5.41, 5.74) is 1.12. The first-order chi connectivity index (χ1) is 6.77. The Morgan fingerprint density at radius 3 is 2.47 bits per heavy atom. The monoisotopic (exact) mass is 229 g/mol. The van der Waals surface area contributed by atoms with E-state index in [0.29, 0.717) is 6.42 Å². The molecule has 0 aliphatic carbocycles. The summed E-state index contributed by atoms with van der Waals surface area (Å²) in [5.74, 6) is -0.226. The lowest BCUT2D eigenvalue weighted by molar-refractivity contribution is -0.142. The SMILES string of the molecule is CN[C@H](Cc1ccccc1)C(=O)OC.Cl. The molecule has 4 heteroatoms. The second-order valence-corrected chi connectivity index (χ2v) is 3.05. The minimum absolute atomic E-state index is 0. The summed E-state index contributed by atoms with van der Waals surface area (Å²) < 4.78 is 4.67. The van der Waals surface area contributed by atoms with Crippen molar-refractivity contribution >= 4 is 18.4 Å². The van der Waals surface area contributed by atoms with Crippen LogP contribution in [0.3, 0.4) is 0 Å². The predicted molar refractivity (Wildman–Crippen MR) is 62.3 cm³/mol. The topological polar surface area (TPSA) is 38.3 Å². The average Bonchev–Trinajstić information content (AvgIpc) is 2.26. The number of methoxy groups -OCH3 is 1. The van der Waals surface area contributed by atoms with E-state index in [9.17, 15) is 4.79 Å². The Balaban J connectivity index is 0.00000196. The summed E-state index contributed by atoms with van der Waals surface area (Å²) in [6, 6.07) is 9.59. The molecule has 0 aromatic heterocycles. The van der Waals surface area contributed by atoms with E-state index in [2.05, 4.69) is 10.1 Å². The first-order valence-electron chi connectivity index (χ1n) is 4.57. The third-order valence-electron chi connectivity index (χ3n) is 2.12. The quantitative estimate of drug-likeness (QED) is 0.794. The van der Waals surface area contributed by atoms with Gasteiger partial charge in [-0.1, -0.05) is 30.3 Å². The molecule has 1 aromatic rings. The molecular formula is C11H16ClNO2. The zero-order valence-electron chi connectivity index (χ0n) is 8.90. The highest BCUT2D eigenvalue weighted by Crippen LogP contribution is 2.03. The van der Waals surface area contributed by atoms with Gasteiger partial charge in [0.15, 0.2) is 0 Å².